The number of fused-ring (bicyclic) bond motifs is 2. The number of nitrogens with two attached hydrogens (primary N) is 1. The Morgan fingerprint density at radius 3 is 2.45 bits per heavy atom. The maximum atomic E-state index is 13.9. The molecule has 4 amide bonds. The van der Waals surface area contributed by atoms with E-state index < -0.39 is 47.5 Å². The van der Waals surface area contributed by atoms with Gasteiger partial charge in [0.2, 0.25) is 0 Å². The highest BCUT2D eigenvalue weighted by atomic mass is 79.9. The van der Waals surface area contributed by atoms with Crippen LogP contribution in [0, 0.1) is 12.3 Å². The number of benzene rings is 1. The number of rotatable bonds is 8. The number of carbonyl (C=O) groups is 5. The maximum absolute atomic E-state index is 13.9. The number of amidine groups is 1. The summed E-state index contributed by atoms with van der Waals surface area (Å²) in [5.41, 5.74) is 6.64. The van der Waals surface area contributed by atoms with Gasteiger partial charge in [-0.25, -0.2) is 14.7 Å². The zero-order valence-corrected chi connectivity index (χ0v) is 26.9. The second kappa shape index (κ2) is 12.6. The lowest BCUT2D eigenvalue weighted by molar-refractivity contribution is -0.142. The van der Waals surface area contributed by atoms with E-state index in [1.165, 1.54) is 18.9 Å². The number of anilines is 1. The van der Waals surface area contributed by atoms with Gasteiger partial charge in [0.25, 0.3) is 11.8 Å². The summed E-state index contributed by atoms with van der Waals surface area (Å²) < 4.78 is 11.5. The zero-order chi connectivity index (χ0) is 32.0. The fourth-order valence-corrected chi connectivity index (χ4v) is 5.17. The van der Waals surface area contributed by atoms with Gasteiger partial charge in [-0.2, -0.15) is 0 Å². The largest absolute Gasteiger partial charge is 0.491 e. The Balaban J connectivity index is 0.00000529. The Labute approximate surface area is 264 Å². The van der Waals surface area contributed by atoms with Gasteiger partial charge in [-0.15, -0.1) is 17.0 Å². The first-order chi connectivity index (χ1) is 20.1. The number of Topliss-reactive ketones (excluding diaryl/α,β-unsaturated/α-hetero) is 1. The number of primary amides is 1. The topological polar surface area (TPSA) is 205 Å². The molecule has 1 atom stereocenters. The molecule has 1 aromatic carbocycles. The molecule has 0 bridgehead atoms. The molecule has 1 unspecified atom stereocenters. The smallest absolute Gasteiger partial charge is 0.326 e. The third-order valence-corrected chi connectivity index (χ3v) is 7.22. The summed E-state index contributed by atoms with van der Waals surface area (Å²) in [5.74, 6) is -2.85. The molecule has 3 heterocycles. The van der Waals surface area contributed by atoms with E-state index in [0.717, 1.165) is 0 Å². The Kier molecular flexibility index (Phi) is 9.73. The number of carboxylic acids is 1. The molecule has 2 aliphatic rings. The number of pyridine rings is 1. The molecular formula is C29H35BrN6O8. The Bertz CT molecular complexity index is 1580. The van der Waals surface area contributed by atoms with Crippen molar-refractivity contribution in [3.05, 3.63) is 45.8 Å². The van der Waals surface area contributed by atoms with Gasteiger partial charge in [0.05, 0.1) is 25.3 Å². The highest BCUT2D eigenvalue weighted by Crippen LogP contribution is 2.46. The van der Waals surface area contributed by atoms with Crippen molar-refractivity contribution in [2.45, 2.75) is 59.1 Å². The van der Waals surface area contributed by atoms with Crippen LogP contribution < -0.4 is 25.4 Å². The standard InChI is InChI=1S/C29H34N6O8.BrH/c1-7-42-18-8-14-11-34(25(30)21(14)33-22(18)26(39)32-6)12-17(36)15-9-16(29(3,4)5)24-23(13(15)2)35(28(31)41)27(40)19(43-24)10-20(37)38;/h8-9,19,30H,7,10-12H2,1-6H3,(H2,31,41)(H,32,39)(H,37,38);1H. The van der Waals surface area contributed by atoms with Gasteiger partial charge in [0, 0.05) is 30.3 Å². The molecule has 44 heavy (non-hydrogen) atoms. The number of aromatic nitrogens is 1. The van der Waals surface area contributed by atoms with Gasteiger partial charge in [0.1, 0.15) is 17.3 Å². The molecule has 0 aliphatic carbocycles. The fraction of sp³-hybridized carbons (Fsp3) is 0.414. The van der Waals surface area contributed by atoms with Crippen LogP contribution in [0.25, 0.3) is 0 Å². The number of nitrogens with one attached hydrogen (secondary N) is 2. The van der Waals surface area contributed by atoms with Crippen molar-refractivity contribution in [2.24, 2.45) is 5.73 Å². The average Bonchev–Trinajstić information content (AvgIpc) is 3.21. The van der Waals surface area contributed by atoms with E-state index in [0.29, 0.717) is 22.6 Å². The van der Waals surface area contributed by atoms with E-state index in [2.05, 4.69) is 10.3 Å². The van der Waals surface area contributed by atoms with Crippen molar-refractivity contribution in [1.29, 1.82) is 5.41 Å². The lowest BCUT2D eigenvalue weighted by Gasteiger charge is -2.37. The number of aliphatic carboxylic acids is 1. The molecule has 15 heteroatoms. The average molecular weight is 676 g/mol. The van der Waals surface area contributed by atoms with Crippen LogP contribution in [-0.4, -0.2) is 76.7 Å². The minimum Gasteiger partial charge on any atom is -0.491 e. The predicted octanol–water partition coefficient (Wildman–Crippen LogP) is 2.69. The normalized spacial score (nSPS) is 15.5. The summed E-state index contributed by atoms with van der Waals surface area (Å²) >= 11 is 0. The van der Waals surface area contributed by atoms with Crippen molar-refractivity contribution >= 4 is 58.1 Å². The van der Waals surface area contributed by atoms with Gasteiger partial charge >= 0.3 is 12.0 Å². The van der Waals surface area contributed by atoms with Crippen LogP contribution in [0.5, 0.6) is 11.5 Å². The van der Waals surface area contributed by atoms with Gasteiger partial charge in [-0.1, -0.05) is 20.8 Å². The van der Waals surface area contributed by atoms with E-state index in [1.54, 1.807) is 19.1 Å². The Hall–Kier alpha value is -4.53. The molecule has 1 aromatic heterocycles. The van der Waals surface area contributed by atoms with Crippen LogP contribution in [-0.2, 0) is 21.5 Å². The number of imide groups is 1. The molecule has 236 valence electrons. The number of ketones is 1. The number of hydrogen-bond acceptors (Lipinski definition) is 9. The summed E-state index contributed by atoms with van der Waals surface area (Å²) in [6.07, 6.45) is -2.18. The molecule has 2 aliphatic heterocycles. The lowest BCUT2D eigenvalue weighted by Crippen LogP contribution is -2.52. The molecule has 0 spiro atoms. The fourth-order valence-electron chi connectivity index (χ4n) is 5.17. The van der Waals surface area contributed by atoms with Gasteiger partial charge in [-0.05, 0) is 37.0 Å². The third-order valence-electron chi connectivity index (χ3n) is 7.22. The first-order valence-corrected chi connectivity index (χ1v) is 13.6. The van der Waals surface area contributed by atoms with Crippen molar-refractivity contribution in [2.75, 3.05) is 25.1 Å². The highest BCUT2D eigenvalue weighted by molar-refractivity contribution is 8.93. The second-order valence-electron chi connectivity index (χ2n) is 11.2. The van der Waals surface area contributed by atoms with E-state index in [4.69, 9.17) is 20.6 Å². The van der Waals surface area contributed by atoms with Gasteiger partial charge < -0.3 is 30.5 Å². The number of carboxylic acid groups (broad SMARTS) is 1. The number of nitrogens with zero attached hydrogens (tertiary/aromatic N) is 3. The zero-order valence-electron chi connectivity index (χ0n) is 25.2. The van der Waals surface area contributed by atoms with Crippen LogP contribution in [0.15, 0.2) is 12.1 Å². The van der Waals surface area contributed by atoms with Gasteiger partial charge in [-0.3, -0.25) is 24.6 Å². The third kappa shape index (κ3) is 6.09. The molecule has 5 N–H and O–H groups in total. The van der Waals surface area contributed by atoms with Crippen LogP contribution in [0.1, 0.15) is 77.3 Å². The van der Waals surface area contributed by atoms with Gasteiger partial charge in [0.15, 0.2) is 23.3 Å². The van der Waals surface area contributed by atoms with Crippen molar-refractivity contribution < 1.29 is 38.6 Å². The number of ether oxygens (including phenoxy) is 2. The summed E-state index contributed by atoms with van der Waals surface area (Å²) in [7, 11) is 1.46. The van der Waals surface area contributed by atoms with Crippen LogP contribution >= 0.6 is 17.0 Å². The number of carbonyl (C=O) groups excluding carboxylic acids is 4. The first-order valence-electron chi connectivity index (χ1n) is 13.6. The molecule has 0 saturated heterocycles. The van der Waals surface area contributed by atoms with Crippen LogP contribution in [0.3, 0.4) is 0 Å². The number of halogens is 1. The summed E-state index contributed by atoms with van der Waals surface area (Å²) in [6, 6.07) is 2.10. The summed E-state index contributed by atoms with van der Waals surface area (Å²) in [4.78, 5) is 69.9. The van der Waals surface area contributed by atoms with Crippen LogP contribution in [0.2, 0.25) is 0 Å². The minimum atomic E-state index is -1.49. The minimum absolute atomic E-state index is 0. The molecule has 0 radical (unpaired) electrons. The van der Waals surface area contributed by atoms with E-state index in [9.17, 15) is 29.1 Å². The monoisotopic (exact) mass is 674 g/mol. The van der Waals surface area contributed by atoms with E-state index in [1.807, 2.05) is 20.8 Å². The van der Waals surface area contributed by atoms with E-state index >= 15 is 0 Å². The number of urea groups is 1. The first kappa shape index (κ1) is 34.0. The maximum Gasteiger partial charge on any atom is 0.326 e. The van der Waals surface area contributed by atoms with Crippen molar-refractivity contribution in [3.8, 4) is 11.5 Å². The van der Waals surface area contributed by atoms with Crippen LogP contribution in [0.4, 0.5) is 10.5 Å². The summed E-state index contributed by atoms with van der Waals surface area (Å²) in [6.45, 7) is 9.02. The predicted molar refractivity (Wildman–Crippen MR) is 164 cm³/mol. The lowest BCUT2D eigenvalue weighted by atomic mass is 9.82. The molecule has 4 rings (SSSR count). The molecule has 0 saturated carbocycles. The quantitative estimate of drug-likeness (QED) is 0.301. The van der Waals surface area contributed by atoms with Crippen molar-refractivity contribution in [1.82, 2.24) is 15.2 Å². The number of hydrogen-bond donors (Lipinski definition) is 4. The molecule has 2 aromatic rings. The molecule has 0 fully saturated rings. The SMILES string of the molecule is Br.CCOc1cc2c(nc1C(=O)NC)C(=N)N(CC(=O)c1cc(C(C)(C)C)c3c(c1C)N(C(N)=O)C(=O)C(CC(=O)O)O3)C2. The Morgan fingerprint density at radius 1 is 1.25 bits per heavy atom. The summed E-state index contributed by atoms with van der Waals surface area (Å²) in [5, 5.41) is 20.5. The number of amides is 4. The van der Waals surface area contributed by atoms with Crippen molar-refractivity contribution in [3.63, 3.8) is 0 Å². The molecular weight excluding hydrogens is 640 g/mol. The second-order valence-corrected chi connectivity index (χ2v) is 11.2. The Morgan fingerprint density at radius 2 is 1.91 bits per heavy atom. The highest BCUT2D eigenvalue weighted by Gasteiger charge is 2.43. The van der Waals surface area contributed by atoms with E-state index in [-0.39, 0.29) is 75.6 Å². The molecule has 14 nitrogen and oxygen atoms in total.